The highest BCUT2D eigenvalue weighted by molar-refractivity contribution is 7.87. The van der Waals surface area contributed by atoms with Crippen LogP contribution in [0.15, 0.2) is 24.3 Å². The summed E-state index contributed by atoms with van der Waals surface area (Å²) in [6.07, 6.45) is 41.2. The number of rotatable bonds is 36. The summed E-state index contributed by atoms with van der Waals surface area (Å²) in [7, 11) is -4.78. The third kappa shape index (κ3) is 32.9. The Labute approximate surface area is 296 Å². The van der Waals surface area contributed by atoms with Gasteiger partial charge in [0.2, 0.25) is 0 Å². The van der Waals surface area contributed by atoms with Gasteiger partial charge in [-0.2, -0.15) is 8.42 Å². The smallest absolute Gasteiger partial charge is 0.327 e. The van der Waals surface area contributed by atoms with Gasteiger partial charge in [-0.05, 0) is 64.2 Å². The Bertz CT molecular complexity index is 897. The molecule has 0 heterocycles. The highest BCUT2D eigenvalue weighted by Gasteiger charge is 2.35. The lowest BCUT2D eigenvalue weighted by molar-refractivity contribution is -0.150. The van der Waals surface area contributed by atoms with Crippen LogP contribution < -0.4 is 0 Å². The molecule has 1 unspecified atom stereocenters. The molecule has 0 aromatic heterocycles. The molecule has 0 aliphatic carbocycles. The summed E-state index contributed by atoms with van der Waals surface area (Å²) in [5.74, 6) is -1.92. The van der Waals surface area contributed by atoms with Crippen molar-refractivity contribution in [3.63, 3.8) is 0 Å². The van der Waals surface area contributed by atoms with Gasteiger partial charge in [-0.3, -0.25) is 14.1 Å². The monoisotopic (exact) mass is 699 g/mol. The fourth-order valence-electron chi connectivity index (χ4n) is 5.67. The number of ether oxygens (including phenoxy) is 2. The van der Waals surface area contributed by atoms with Crippen molar-refractivity contribution < 1.29 is 32.0 Å². The summed E-state index contributed by atoms with van der Waals surface area (Å²) in [6.45, 7) is 4.73. The second kappa shape index (κ2) is 35.2. The van der Waals surface area contributed by atoms with Gasteiger partial charge in [0.15, 0.2) is 5.25 Å². The molecule has 0 amide bonds. The minimum atomic E-state index is -4.78. The molecule has 1 atom stereocenters. The maximum absolute atomic E-state index is 12.3. The number of hydrogen-bond acceptors (Lipinski definition) is 6. The van der Waals surface area contributed by atoms with Crippen molar-refractivity contribution in [3.8, 4) is 0 Å². The standard InChI is InChI=1S/C40H74O7S/c1-3-5-7-9-11-13-15-17-19-21-23-25-27-29-31-33-35-46-39(41)37-38(48(43,44)45)40(42)47-36-34-32-30-28-26-24-22-20-18-16-14-12-10-8-6-4-2/h17-20,38H,3-16,21-37H2,1-2H3,(H,43,44,45)/b19-17+,20-18+. The SMILES string of the molecule is CCCCCCCC/C=C/CCCCCCCCOC(=O)CC(C(=O)OCCCCCCCC/C=C/CCCCCCCC)S(=O)(=O)O. The van der Waals surface area contributed by atoms with Crippen molar-refractivity contribution in [1.82, 2.24) is 0 Å². The van der Waals surface area contributed by atoms with Crippen LogP contribution >= 0.6 is 0 Å². The van der Waals surface area contributed by atoms with E-state index in [4.69, 9.17) is 9.47 Å². The minimum Gasteiger partial charge on any atom is -0.466 e. The lowest BCUT2D eigenvalue weighted by atomic mass is 10.1. The number of carbonyl (C=O) groups excluding carboxylic acids is 2. The molecule has 8 heteroatoms. The molecular weight excluding hydrogens is 625 g/mol. The van der Waals surface area contributed by atoms with Gasteiger partial charge in [-0.25, -0.2) is 0 Å². The fourth-order valence-corrected chi connectivity index (χ4v) is 6.33. The van der Waals surface area contributed by atoms with Crippen LogP contribution in [0.2, 0.25) is 0 Å². The van der Waals surface area contributed by atoms with Crippen molar-refractivity contribution in [1.29, 1.82) is 0 Å². The van der Waals surface area contributed by atoms with Crippen LogP contribution in [0.5, 0.6) is 0 Å². The molecule has 0 saturated carbocycles. The molecule has 0 aromatic carbocycles. The van der Waals surface area contributed by atoms with Crippen molar-refractivity contribution in [2.24, 2.45) is 0 Å². The number of unbranched alkanes of at least 4 members (excludes halogenated alkanes) is 24. The lowest BCUT2D eigenvalue weighted by Crippen LogP contribution is -2.34. The minimum absolute atomic E-state index is 0.0660. The van der Waals surface area contributed by atoms with E-state index in [1.165, 1.54) is 109 Å². The zero-order chi connectivity index (χ0) is 35.4. The average Bonchev–Trinajstić information content (AvgIpc) is 3.05. The van der Waals surface area contributed by atoms with Gasteiger partial charge in [0.1, 0.15) is 0 Å². The summed E-state index contributed by atoms with van der Waals surface area (Å²) in [4.78, 5) is 24.5. The molecule has 0 fully saturated rings. The van der Waals surface area contributed by atoms with Crippen molar-refractivity contribution in [2.45, 2.75) is 205 Å². The van der Waals surface area contributed by atoms with Crippen LogP contribution in [-0.2, 0) is 29.2 Å². The van der Waals surface area contributed by atoms with E-state index in [1.54, 1.807) is 0 Å². The van der Waals surface area contributed by atoms with Gasteiger partial charge in [0.05, 0.1) is 19.6 Å². The molecule has 0 bridgehead atoms. The normalized spacial score (nSPS) is 12.6. The van der Waals surface area contributed by atoms with Gasteiger partial charge in [0, 0.05) is 0 Å². The molecule has 1 N–H and O–H groups in total. The van der Waals surface area contributed by atoms with Crippen molar-refractivity contribution in [3.05, 3.63) is 24.3 Å². The third-order valence-electron chi connectivity index (χ3n) is 8.79. The van der Waals surface area contributed by atoms with Gasteiger partial charge in [-0.15, -0.1) is 0 Å². The van der Waals surface area contributed by atoms with E-state index in [0.29, 0.717) is 12.8 Å². The quantitative estimate of drug-likeness (QED) is 0.0300. The second-order valence-electron chi connectivity index (χ2n) is 13.5. The number of allylic oxidation sites excluding steroid dienone is 4. The summed E-state index contributed by atoms with van der Waals surface area (Å²) in [5.41, 5.74) is 0. The van der Waals surface area contributed by atoms with E-state index in [2.05, 4.69) is 38.2 Å². The van der Waals surface area contributed by atoms with Crippen molar-refractivity contribution >= 4 is 22.1 Å². The molecule has 0 aliphatic heterocycles. The highest BCUT2D eigenvalue weighted by Crippen LogP contribution is 2.14. The Balaban J connectivity index is 3.80. The van der Waals surface area contributed by atoms with Gasteiger partial charge in [-0.1, -0.05) is 154 Å². The Hall–Kier alpha value is -1.67. The van der Waals surface area contributed by atoms with Crippen molar-refractivity contribution in [2.75, 3.05) is 13.2 Å². The maximum Gasteiger partial charge on any atom is 0.327 e. The zero-order valence-corrected chi connectivity index (χ0v) is 31.9. The van der Waals surface area contributed by atoms with Crippen LogP contribution in [-0.4, -0.2) is 43.4 Å². The Morgan fingerprint density at radius 3 is 1.17 bits per heavy atom. The molecule has 0 spiro atoms. The van der Waals surface area contributed by atoms with E-state index >= 15 is 0 Å². The van der Waals surface area contributed by atoms with E-state index in [0.717, 1.165) is 57.8 Å². The number of esters is 2. The summed E-state index contributed by atoms with van der Waals surface area (Å²) < 4.78 is 43.3. The first kappa shape index (κ1) is 46.3. The molecular formula is C40H74O7S. The highest BCUT2D eigenvalue weighted by atomic mass is 32.2. The molecule has 282 valence electrons. The average molecular weight is 699 g/mol. The molecule has 0 rings (SSSR count). The second-order valence-corrected chi connectivity index (χ2v) is 15.1. The summed E-state index contributed by atoms with van der Waals surface area (Å²) in [6, 6.07) is 0. The molecule has 0 saturated heterocycles. The first-order chi connectivity index (χ1) is 23.3. The molecule has 7 nitrogen and oxygen atoms in total. The summed E-state index contributed by atoms with van der Waals surface area (Å²) >= 11 is 0. The topological polar surface area (TPSA) is 107 Å². The Morgan fingerprint density at radius 2 is 0.812 bits per heavy atom. The van der Waals surface area contributed by atoms with E-state index in [9.17, 15) is 22.6 Å². The van der Waals surface area contributed by atoms with Gasteiger partial charge < -0.3 is 9.47 Å². The van der Waals surface area contributed by atoms with Gasteiger partial charge >= 0.3 is 11.9 Å². The lowest BCUT2D eigenvalue weighted by Gasteiger charge is -2.13. The van der Waals surface area contributed by atoms with E-state index in [1.807, 2.05) is 0 Å². The zero-order valence-electron chi connectivity index (χ0n) is 31.1. The molecule has 0 aliphatic rings. The van der Waals surface area contributed by atoms with Crippen LogP contribution in [0.1, 0.15) is 200 Å². The number of hydrogen-bond donors (Lipinski definition) is 1. The third-order valence-corrected chi connectivity index (χ3v) is 9.87. The van der Waals surface area contributed by atoms with E-state index in [-0.39, 0.29) is 13.2 Å². The van der Waals surface area contributed by atoms with Crippen LogP contribution in [0.4, 0.5) is 0 Å². The predicted octanol–water partition coefficient (Wildman–Crippen LogP) is 11.8. The Morgan fingerprint density at radius 1 is 0.500 bits per heavy atom. The predicted molar refractivity (Wildman–Crippen MR) is 201 cm³/mol. The first-order valence-corrected chi connectivity index (χ1v) is 21.4. The molecule has 48 heavy (non-hydrogen) atoms. The molecule has 0 radical (unpaired) electrons. The molecule has 0 aromatic rings. The first-order valence-electron chi connectivity index (χ1n) is 19.9. The maximum atomic E-state index is 12.3. The van der Waals surface area contributed by atoms with Gasteiger partial charge in [0.25, 0.3) is 10.1 Å². The Kier molecular flexibility index (Phi) is 33.9. The van der Waals surface area contributed by atoms with E-state index < -0.39 is 33.7 Å². The largest absolute Gasteiger partial charge is 0.466 e. The van der Waals surface area contributed by atoms with Crippen LogP contribution in [0, 0.1) is 0 Å². The summed E-state index contributed by atoms with van der Waals surface area (Å²) in [5, 5.41) is -1.95. The van der Waals surface area contributed by atoms with Crippen LogP contribution in [0.25, 0.3) is 0 Å². The van der Waals surface area contributed by atoms with Crippen LogP contribution in [0.3, 0.4) is 0 Å². The fraction of sp³-hybridized carbons (Fsp3) is 0.850. The number of carbonyl (C=O) groups is 2.